The minimum Gasteiger partial charge on any atom is -0.462 e. The molecule has 9 nitrogen and oxygen atoms in total. The number of ether oxygens (including phenoxy) is 2. The second-order valence-corrected chi connectivity index (χ2v) is 22.1. The Morgan fingerprint density at radius 1 is 0.455 bits per heavy atom. The van der Waals surface area contributed by atoms with E-state index in [0.717, 1.165) is 25.7 Å². The number of unbranched alkanes of at least 4 members (excludes halogenated alkanes) is 37. The number of phosphoric acid groups is 1. The molecule has 0 aliphatic rings. The summed E-state index contributed by atoms with van der Waals surface area (Å²) in [5.41, 5.74) is 0. The molecule has 0 aromatic rings. The summed E-state index contributed by atoms with van der Waals surface area (Å²) in [5.74, 6) is -0.816. The lowest BCUT2D eigenvalue weighted by Crippen LogP contribution is -2.37. The first-order chi connectivity index (χ1) is 32.0. The van der Waals surface area contributed by atoms with Crippen LogP contribution < -0.4 is 0 Å². The van der Waals surface area contributed by atoms with Gasteiger partial charge in [-0.3, -0.25) is 18.6 Å². The zero-order valence-electron chi connectivity index (χ0n) is 44.5. The SMILES string of the molecule is CCCCCCCCCCCCCCCCCCCCC=CCCCC(=O)OCC(COP(=O)(O)OCC[N+](C)(C)C)OC(=O)CCCCCCCCCCCCCCCCCCCCC. The molecule has 1 N–H and O–H groups in total. The number of quaternary nitrogens is 1. The Hall–Kier alpha value is -1.25. The summed E-state index contributed by atoms with van der Waals surface area (Å²) in [5, 5.41) is 0. The van der Waals surface area contributed by atoms with Crippen molar-refractivity contribution in [3.8, 4) is 0 Å². The van der Waals surface area contributed by atoms with Crippen LogP contribution in [0.4, 0.5) is 0 Å². The molecule has 0 rings (SSSR count). The maximum Gasteiger partial charge on any atom is 0.472 e. The lowest BCUT2D eigenvalue weighted by molar-refractivity contribution is -0.870. The van der Waals surface area contributed by atoms with Crippen LogP contribution in [0.1, 0.15) is 284 Å². The average Bonchev–Trinajstić information content (AvgIpc) is 3.27. The summed E-state index contributed by atoms with van der Waals surface area (Å²) in [7, 11) is 1.48. The minimum absolute atomic E-state index is 0.0319. The highest BCUT2D eigenvalue weighted by Gasteiger charge is 2.27. The molecule has 2 atom stereocenters. The molecule has 0 heterocycles. The van der Waals surface area contributed by atoms with Crippen molar-refractivity contribution in [3.63, 3.8) is 0 Å². The Labute approximate surface area is 409 Å². The molecule has 0 spiro atoms. The largest absolute Gasteiger partial charge is 0.472 e. The van der Waals surface area contributed by atoms with Crippen molar-refractivity contribution < 1.29 is 42.1 Å². The van der Waals surface area contributed by atoms with Crippen LogP contribution in [0.15, 0.2) is 12.2 Å². The molecule has 0 bridgehead atoms. The van der Waals surface area contributed by atoms with Gasteiger partial charge in [0.05, 0.1) is 27.7 Å². The third-order valence-corrected chi connectivity index (χ3v) is 13.8. The van der Waals surface area contributed by atoms with Gasteiger partial charge in [-0.15, -0.1) is 0 Å². The number of phosphoric ester groups is 1. The number of likely N-dealkylation sites (N-methyl/N-ethyl adjacent to an activating group) is 1. The number of allylic oxidation sites excluding steroid dienone is 2. The highest BCUT2D eigenvalue weighted by atomic mass is 31.2. The summed E-state index contributed by atoms with van der Waals surface area (Å²) < 4.78 is 34.5. The van der Waals surface area contributed by atoms with Gasteiger partial charge in [-0.2, -0.15) is 0 Å². The Morgan fingerprint density at radius 2 is 0.788 bits per heavy atom. The quantitative estimate of drug-likeness (QED) is 0.0211. The first-order valence-corrected chi connectivity index (χ1v) is 29.9. The second kappa shape index (κ2) is 48.8. The monoisotopic (exact) mass is 957 g/mol. The Morgan fingerprint density at radius 3 is 1.17 bits per heavy atom. The van der Waals surface area contributed by atoms with Gasteiger partial charge in [0.2, 0.25) is 0 Å². The van der Waals surface area contributed by atoms with Crippen LogP contribution in [-0.4, -0.2) is 74.9 Å². The van der Waals surface area contributed by atoms with Crippen LogP contribution in [0.3, 0.4) is 0 Å². The Bertz CT molecular complexity index is 1130. The molecule has 0 fully saturated rings. The molecule has 0 saturated carbocycles. The van der Waals surface area contributed by atoms with E-state index in [9.17, 15) is 19.0 Å². The van der Waals surface area contributed by atoms with E-state index in [4.69, 9.17) is 18.5 Å². The minimum atomic E-state index is -4.38. The molecule has 66 heavy (non-hydrogen) atoms. The number of carbonyl (C=O) groups is 2. The first kappa shape index (κ1) is 64.8. The van der Waals surface area contributed by atoms with Crippen molar-refractivity contribution in [2.45, 2.75) is 290 Å². The summed E-state index contributed by atoms with van der Waals surface area (Å²) in [6, 6.07) is 0. The van der Waals surface area contributed by atoms with E-state index in [-0.39, 0.29) is 26.1 Å². The normalized spacial score (nSPS) is 13.4. The van der Waals surface area contributed by atoms with Crippen LogP contribution in [0.25, 0.3) is 0 Å². The van der Waals surface area contributed by atoms with Crippen LogP contribution in [-0.2, 0) is 32.7 Å². The van der Waals surface area contributed by atoms with Crippen molar-refractivity contribution in [1.82, 2.24) is 0 Å². The van der Waals surface area contributed by atoms with Crippen LogP contribution in [0.2, 0.25) is 0 Å². The second-order valence-electron chi connectivity index (χ2n) is 20.7. The Kier molecular flexibility index (Phi) is 47.8. The van der Waals surface area contributed by atoms with Crippen molar-refractivity contribution in [2.75, 3.05) is 47.5 Å². The molecular formula is C56H111NO8P+. The van der Waals surface area contributed by atoms with Crippen LogP contribution in [0.5, 0.6) is 0 Å². The highest BCUT2D eigenvalue weighted by Crippen LogP contribution is 2.43. The fourth-order valence-electron chi connectivity index (χ4n) is 8.38. The van der Waals surface area contributed by atoms with Gasteiger partial charge in [-0.1, -0.05) is 251 Å². The fourth-order valence-corrected chi connectivity index (χ4v) is 9.12. The van der Waals surface area contributed by atoms with Gasteiger partial charge >= 0.3 is 19.8 Å². The molecule has 0 aromatic carbocycles. The number of carbonyl (C=O) groups excluding carboxylic acids is 2. The van der Waals surface area contributed by atoms with E-state index in [1.54, 1.807) is 0 Å². The van der Waals surface area contributed by atoms with Crippen molar-refractivity contribution in [3.05, 3.63) is 12.2 Å². The topological polar surface area (TPSA) is 108 Å². The standard InChI is InChI=1S/C56H110NO8P/c1-6-8-10-12-14-16-18-20-22-24-26-27-28-29-31-32-34-36-38-40-42-44-46-48-55(58)62-52-54(53-64-66(60,61)63-51-50-57(3,4)5)65-56(59)49-47-45-43-41-39-37-35-33-30-25-23-21-19-17-15-13-11-9-7-2/h40,42,54H,6-39,41,43-53H2,1-5H3/p+1. The number of esters is 2. The van der Waals surface area contributed by atoms with E-state index in [1.165, 1.54) is 218 Å². The average molecular weight is 957 g/mol. The molecule has 0 aromatic heterocycles. The summed E-state index contributed by atoms with van der Waals surface area (Å²) >= 11 is 0. The molecule has 392 valence electrons. The van der Waals surface area contributed by atoms with Gasteiger partial charge in [0.25, 0.3) is 0 Å². The molecule has 0 amide bonds. The molecule has 0 radical (unpaired) electrons. The van der Waals surface area contributed by atoms with Gasteiger partial charge in [-0.05, 0) is 32.1 Å². The lowest BCUT2D eigenvalue weighted by atomic mass is 10.0. The van der Waals surface area contributed by atoms with E-state index in [1.807, 2.05) is 21.1 Å². The molecule has 10 heteroatoms. The van der Waals surface area contributed by atoms with E-state index in [0.29, 0.717) is 23.9 Å². The van der Waals surface area contributed by atoms with Crippen LogP contribution in [0, 0.1) is 0 Å². The van der Waals surface area contributed by atoms with Crippen molar-refractivity contribution in [2.24, 2.45) is 0 Å². The zero-order chi connectivity index (χ0) is 48.5. The van der Waals surface area contributed by atoms with E-state index in [2.05, 4.69) is 26.0 Å². The van der Waals surface area contributed by atoms with E-state index < -0.39 is 32.5 Å². The van der Waals surface area contributed by atoms with E-state index >= 15 is 0 Å². The highest BCUT2D eigenvalue weighted by molar-refractivity contribution is 7.47. The molecule has 0 aliphatic heterocycles. The number of hydrogen-bond acceptors (Lipinski definition) is 7. The van der Waals surface area contributed by atoms with Crippen molar-refractivity contribution >= 4 is 19.8 Å². The molecule has 2 unspecified atom stereocenters. The van der Waals surface area contributed by atoms with Crippen molar-refractivity contribution in [1.29, 1.82) is 0 Å². The number of nitrogens with zero attached hydrogens (tertiary/aromatic N) is 1. The Balaban J connectivity index is 4.16. The summed E-state index contributed by atoms with van der Waals surface area (Å²) in [6.45, 7) is 4.46. The fraction of sp³-hybridized carbons (Fsp3) is 0.929. The number of hydrogen-bond donors (Lipinski definition) is 1. The molecule has 0 aliphatic carbocycles. The predicted octanol–water partition coefficient (Wildman–Crippen LogP) is 17.3. The number of rotatable bonds is 53. The maximum atomic E-state index is 12.8. The summed E-state index contributed by atoms with van der Waals surface area (Å²) in [6.07, 6.45) is 55.7. The first-order valence-electron chi connectivity index (χ1n) is 28.4. The lowest BCUT2D eigenvalue weighted by Gasteiger charge is -2.24. The molecular weight excluding hydrogens is 846 g/mol. The third kappa shape index (κ3) is 52.1. The molecule has 0 saturated heterocycles. The van der Waals surface area contributed by atoms with Gasteiger partial charge in [0.15, 0.2) is 6.10 Å². The van der Waals surface area contributed by atoms with Gasteiger partial charge in [-0.25, -0.2) is 4.57 Å². The predicted molar refractivity (Wildman–Crippen MR) is 280 cm³/mol. The maximum absolute atomic E-state index is 12.8. The van der Waals surface area contributed by atoms with Gasteiger partial charge < -0.3 is 18.9 Å². The zero-order valence-corrected chi connectivity index (χ0v) is 45.4. The van der Waals surface area contributed by atoms with Gasteiger partial charge in [0, 0.05) is 12.8 Å². The van der Waals surface area contributed by atoms with Crippen LogP contribution >= 0.6 is 7.82 Å². The third-order valence-electron chi connectivity index (χ3n) is 12.8. The smallest absolute Gasteiger partial charge is 0.462 e. The van der Waals surface area contributed by atoms with Gasteiger partial charge in [0.1, 0.15) is 19.8 Å². The summed E-state index contributed by atoms with van der Waals surface area (Å²) in [4.78, 5) is 35.6.